The molecule has 7 nitrogen and oxygen atoms in total. The van der Waals surface area contributed by atoms with E-state index >= 15 is 0 Å². The van der Waals surface area contributed by atoms with Gasteiger partial charge in [0, 0.05) is 17.8 Å². The zero-order chi connectivity index (χ0) is 20.3. The lowest BCUT2D eigenvalue weighted by molar-refractivity contribution is -0.115. The van der Waals surface area contributed by atoms with Crippen LogP contribution in [0, 0.1) is 13.8 Å². The maximum Gasteiger partial charge on any atom is 0.295 e. The highest BCUT2D eigenvalue weighted by atomic mass is 35.5. The van der Waals surface area contributed by atoms with Crippen LogP contribution in [-0.2, 0) is 4.79 Å². The van der Waals surface area contributed by atoms with Gasteiger partial charge in [0.2, 0.25) is 11.7 Å². The summed E-state index contributed by atoms with van der Waals surface area (Å²) in [6.07, 6.45) is 0.373. The van der Waals surface area contributed by atoms with Gasteiger partial charge >= 0.3 is 0 Å². The Bertz CT molecular complexity index is 1040. The first-order valence-corrected chi connectivity index (χ1v) is 9.17. The van der Waals surface area contributed by atoms with Crippen LogP contribution in [0.1, 0.15) is 35.4 Å². The molecular weight excluding hydrogens is 378 g/mol. The number of hydrogen-bond donors (Lipinski definition) is 2. The summed E-state index contributed by atoms with van der Waals surface area (Å²) in [6.45, 7) is 5.39. The van der Waals surface area contributed by atoms with Crippen LogP contribution in [0.4, 0.5) is 11.4 Å². The van der Waals surface area contributed by atoms with Gasteiger partial charge in [-0.3, -0.25) is 9.59 Å². The van der Waals surface area contributed by atoms with Crippen molar-refractivity contribution < 1.29 is 9.59 Å². The molecule has 0 aliphatic rings. The second kappa shape index (κ2) is 8.22. The van der Waals surface area contributed by atoms with Gasteiger partial charge in [-0.15, -0.1) is 5.10 Å². The van der Waals surface area contributed by atoms with Crippen molar-refractivity contribution in [3.63, 3.8) is 0 Å². The maximum absolute atomic E-state index is 12.7. The summed E-state index contributed by atoms with van der Waals surface area (Å²) in [5, 5.41) is 10.4. The molecule has 3 rings (SSSR count). The average Bonchev–Trinajstić information content (AvgIpc) is 3.06. The van der Waals surface area contributed by atoms with Crippen LogP contribution in [0.5, 0.6) is 0 Å². The lowest BCUT2D eigenvalue weighted by atomic mass is 10.1. The predicted molar refractivity (Wildman–Crippen MR) is 109 cm³/mol. The lowest BCUT2D eigenvalue weighted by Crippen LogP contribution is -2.16. The molecule has 0 aliphatic heterocycles. The van der Waals surface area contributed by atoms with Crippen LogP contribution in [0.2, 0.25) is 5.02 Å². The number of carbonyl (C=O) groups is 2. The first kappa shape index (κ1) is 19.6. The van der Waals surface area contributed by atoms with Crippen LogP contribution < -0.4 is 10.6 Å². The van der Waals surface area contributed by atoms with Gasteiger partial charge < -0.3 is 10.6 Å². The van der Waals surface area contributed by atoms with Crippen molar-refractivity contribution in [2.75, 3.05) is 10.6 Å². The summed E-state index contributed by atoms with van der Waals surface area (Å²) in [6, 6.07) is 12.5. The van der Waals surface area contributed by atoms with E-state index in [4.69, 9.17) is 11.6 Å². The highest BCUT2D eigenvalue weighted by molar-refractivity contribution is 6.32. The van der Waals surface area contributed by atoms with Crippen molar-refractivity contribution in [2.24, 2.45) is 0 Å². The van der Waals surface area contributed by atoms with E-state index < -0.39 is 5.91 Å². The van der Waals surface area contributed by atoms with Gasteiger partial charge in [0.15, 0.2) is 0 Å². The van der Waals surface area contributed by atoms with Crippen molar-refractivity contribution in [1.82, 2.24) is 14.8 Å². The van der Waals surface area contributed by atoms with Gasteiger partial charge in [0.1, 0.15) is 5.82 Å². The van der Waals surface area contributed by atoms with E-state index in [1.807, 2.05) is 25.1 Å². The zero-order valence-corrected chi connectivity index (χ0v) is 16.5. The molecule has 1 heterocycles. The molecule has 0 saturated carbocycles. The van der Waals surface area contributed by atoms with Crippen molar-refractivity contribution in [3.05, 3.63) is 64.7 Å². The van der Waals surface area contributed by atoms with E-state index in [1.165, 1.54) is 4.68 Å². The molecule has 0 atom stereocenters. The molecule has 0 unspecified atom stereocenters. The van der Waals surface area contributed by atoms with Crippen LogP contribution in [0.25, 0.3) is 5.69 Å². The summed E-state index contributed by atoms with van der Waals surface area (Å²) in [5.41, 5.74) is 2.68. The SMILES string of the molecule is CCC(=O)Nc1ccc(C)c(NC(=O)c2nc(C)n(-c3ccccc3Cl)n2)c1. The number of halogens is 1. The van der Waals surface area contributed by atoms with Gasteiger partial charge in [-0.2, -0.15) is 0 Å². The van der Waals surface area contributed by atoms with Gasteiger partial charge in [-0.1, -0.05) is 36.7 Å². The third-order valence-corrected chi connectivity index (χ3v) is 4.46. The second-order valence-corrected chi connectivity index (χ2v) is 6.64. The molecular formula is C20H20ClN5O2. The molecule has 28 heavy (non-hydrogen) atoms. The van der Waals surface area contributed by atoms with E-state index in [0.717, 1.165) is 5.56 Å². The number of nitrogens with zero attached hydrogens (tertiary/aromatic N) is 3. The zero-order valence-electron chi connectivity index (χ0n) is 15.8. The van der Waals surface area contributed by atoms with Gasteiger partial charge in [0.25, 0.3) is 5.91 Å². The monoisotopic (exact) mass is 397 g/mol. The molecule has 0 spiro atoms. The highest BCUT2D eigenvalue weighted by Gasteiger charge is 2.17. The molecule has 0 saturated heterocycles. The van der Waals surface area contributed by atoms with Crippen molar-refractivity contribution in [3.8, 4) is 5.69 Å². The fourth-order valence-electron chi connectivity index (χ4n) is 2.60. The van der Waals surface area contributed by atoms with Gasteiger partial charge in [-0.05, 0) is 43.7 Å². The van der Waals surface area contributed by atoms with E-state index in [1.54, 1.807) is 38.1 Å². The number of para-hydroxylation sites is 1. The first-order valence-electron chi connectivity index (χ1n) is 8.79. The molecule has 144 valence electrons. The molecule has 0 fully saturated rings. The van der Waals surface area contributed by atoms with E-state index in [2.05, 4.69) is 20.7 Å². The topological polar surface area (TPSA) is 88.9 Å². The smallest absolute Gasteiger partial charge is 0.295 e. The number of rotatable bonds is 5. The molecule has 2 aromatic carbocycles. The second-order valence-electron chi connectivity index (χ2n) is 6.23. The Kier molecular flexibility index (Phi) is 5.75. The third-order valence-electron chi connectivity index (χ3n) is 4.14. The molecule has 0 bridgehead atoms. The Morgan fingerprint density at radius 1 is 1.11 bits per heavy atom. The minimum absolute atomic E-state index is 0.0276. The minimum atomic E-state index is -0.448. The summed E-state index contributed by atoms with van der Waals surface area (Å²) >= 11 is 6.22. The minimum Gasteiger partial charge on any atom is -0.326 e. The molecule has 0 aliphatic carbocycles. The molecule has 0 radical (unpaired) electrons. The van der Waals surface area contributed by atoms with E-state index in [-0.39, 0.29) is 11.7 Å². The van der Waals surface area contributed by atoms with Crippen LogP contribution in [0.15, 0.2) is 42.5 Å². The predicted octanol–water partition coefficient (Wildman–Crippen LogP) is 4.14. The fraction of sp³-hybridized carbons (Fsp3) is 0.200. The van der Waals surface area contributed by atoms with Crippen LogP contribution in [-0.4, -0.2) is 26.6 Å². The molecule has 8 heteroatoms. The fourth-order valence-corrected chi connectivity index (χ4v) is 2.82. The van der Waals surface area contributed by atoms with Crippen LogP contribution >= 0.6 is 11.6 Å². The number of aromatic nitrogens is 3. The Hall–Kier alpha value is -3.19. The van der Waals surface area contributed by atoms with Gasteiger partial charge in [0.05, 0.1) is 10.7 Å². The summed E-state index contributed by atoms with van der Waals surface area (Å²) in [5.74, 6) is 0.0200. The Labute approximate surface area is 167 Å². The number of carbonyl (C=O) groups excluding carboxylic acids is 2. The Morgan fingerprint density at radius 2 is 1.86 bits per heavy atom. The Balaban J connectivity index is 1.84. The number of hydrogen-bond acceptors (Lipinski definition) is 4. The number of benzene rings is 2. The standard InChI is InChI=1S/C20H20ClN5O2/c1-4-18(27)23-14-10-9-12(2)16(11-14)24-20(28)19-22-13(3)26(25-19)17-8-6-5-7-15(17)21/h5-11H,4H2,1-3H3,(H,23,27)(H,24,28). The van der Waals surface area contributed by atoms with Crippen LogP contribution in [0.3, 0.4) is 0 Å². The normalized spacial score (nSPS) is 10.6. The number of anilines is 2. The highest BCUT2D eigenvalue weighted by Crippen LogP contribution is 2.22. The summed E-state index contributed by atoms with van der Waals surface area (Å²) in [4.78, 5) is 28.5. The Morgan fingerprint density at radius 3 is 2.57 bits per heavy atom. The van der Waals surface area contributed by atoms with Crippen molar-refractivity contribution in [1.29, 1.82) is 0 Å². The number of amides is 2. The molecule has 1 aromatic heterocycles. The summed E-state index contributed by atoms with van der Waals surface area (Å²) < 4.78 is 1.53. The first-order chi connectivity index (χ1) is 13.4. The third kappa shape index (κ3) is 4.20. The molecule has 3 aromatic rings. The average molecular weight is 398 g/mol. The van der Waals surface area contributed by atoms with Crippen molar-refractivity contribution >= 4 is 34.8 Å². The van der Waals surface area contributed by atoms with E-state index in [0.29, 0.717) is 34.3 Å². The molecule has 2 amide bonds. The number of aryl methyl sites for hydroxylation is 2. The number of nitrogens with one attached hydrogen (secondary N) is 2. The largest absolute Gasteiger partial charge is 0.326 e. The van der Waals surface area contributed by atoms with Crippen molar-refractivity contribution in [2.45, 2.75) is 27.2 Å². The molecule has 2 N–H and O–H groups in total. The quantitative estimate of drug-likeness (QED) is 0.677. The van der Waals surface area contributed by atoms with Gasteiger partial charge in [-0.25, -0.2) is 9.67 Å². The maximum atomic E-state index is 12.7. The summed E-state index contributed by atoms with van der Waals surface area (Å²) in [7, 11) is 0. The lowest BCUT2D eigenvalue weighted by Gasteiger charge is -2.10. The van der Waals surface area contributed by atoms with E-state index in [9.17, 15) is 9.59 Å².